The molecular formula is C25H26N2O5S2. The van der Waals surface area contributed by atoms with E-state index in [1.54, 1.807) is 6.92 Å². The highest BCUT2D eigenvalue weighted by Crippen LogP contribution is 2.38. The maximum atomic E-state index is 12.9. The standard InChI is InChI=1S/C25H26N2O5S2/c1-4-29-18-9-7-17(8-10-18)26-25(33)27-23-22(24(28)30-5-2)19(15(3)34-23)12-16-6-11-20-21(13-16)32-14-31-20/h6-11,13H,4-5,12,14H2,1-3H3,(H2,26,27,33). The van der Waals surface area contributed by atoms with Crippen molar-refractivity contribution in [3.63, 3.8) is 0 Å². The lowest BCUT2D eigenvalue weighted by Gasteiger charge is -2.12. The van der Waals surface area contributed by atoms with Crippen molar-refractivity contribution >= 4 is 45.3 Å². The van der Waals surface area contributed by atoms with E-state index in [-0.39, 0.29) is 19.4 Å². The third-order valence-electron chi connectivity index (χ3n) is 5.16. The van der Waals surface area contributed by atoms with E-state index in [4.69, 9.17) is 31.2 Å². The van der Waals surface area contributed by atoms with E-state index in [1.165, 1.54) is 11.3 Å². The number of carbonyl (C=O) groups is 1. The number of carbonyl (C=O) groups excluding carboxylic acids is 1. The Morgan fingerprint density at radius 1 is 1.06 bits per heavy atom. The highest BCUT2D eigenvalue weighted by Gasteiger charge is 2.25. The predicted molar refractivity (Wildman–Crippen MR) is 138 cm³/mol. The van der Waals surface area contributed by atoms with Gasteiger partial charge in [-0.1, -0.05) is 6.07 Å². The van der Waals surface area contributed by atoms with Gasteiger partial charge >= 0.3 is 5.97 Å². The monoisotopic (exact) mass is 498 g/mol. The van der Waals surface area contributed by atoms with Crippen molar-refractivity contribution in [2.24, 2.45) is 0 Å². The van der Waals surface area contributed by atoms with Crippen LogP contribution in [-0.2, 0) is 11.2 Å². The molecule has 0 saturated carbocycles. The van der Waals surface area contributed by atoms with Crippen molar-refractivity contribution in [1.29, 1.82) is 0 Å². The molecule has 0 bridgehead atoms. The Kier molecular flexibility index (Phi) is 7.54. The molecule has 0 radical (unpaired) electrons. The largest absolute Gasteiger partial charge is 0.494 e. The molecule has 4 rings (SSSR count). The van der Waals surface area contributed by atoms with E-state index < -0.39 is 0 Å². The Hall–Kier alpha value is -3.30. The molecule has 0 fully saturated rings. The van der Waals surface area contributed by atoms with Crippen LogP contribution < -0.4 is 24.8 Å². The molecule has 1 aromatic heterocycles. The predicted octanol–water partition coefficient (Wildman–Crippen LogP) is 5.76. The third kappa shape index (κ3) is 5.43. The van der Waals surface area contributed by atoms with E-state index in [1.807, 2.05) is 56.3 Å². The minimum atomic E-state index is -0.381. The second-order valence-corrected chi connectivity index (χ2v) is 9.10. The van der Waals surface area contributed by atoms with Crippen molar-refractivity contribution in [1.82, 2.24) is 0 Å². The number of hydrogen-bond acceptors (Lipinski definition) is 7. The lowest BCUT2D eigenvalue weighted by molar-refractivity contribution is 0.0527. The van der Waals surface area contributed by atoms with Crippen molar-refractivity contribution in [3.8, 4) is 17.2 Å². The highest BCUT2D eigenvalue weighted by molar-refractivity contribution is 7.80. The van der Waals surface area contributed by atoms with E-state index >= 15 is 0 Å². The fraction of sp³-hybridized carbons (Fsp3) is 0.280. The summed E-state index contributed by atoms with van der Waals surface area (Å²) in [6.07, 6.45) is 0.549. The SMILES string of the molecule is CCOC(=O)c1c(NC(=S)Nc2ccc(OCC)cc2)sc(C)c1Cc1ccc2c(c1)OCO2. The first-order valence-electron chi connectivity index (χ1n) is 11.0. The zero-order valence-corrected chi connectivity index (χ0v) is 20.9. The highest BCUT2D eigenvalue weighted by atomic mass is 32.1. The number of rotatable bonds is 8. The second kappa shape index (κ2) is 10.8. The van der Waals surface area contributed by atoms with Crippen LogP contribution in [0.3, 0.4) is 0 Å². The Morgan fingerprint density at radius 3 is 2.56 bits per heavy atom. The zero-order valence-electron chi connectivity index (χ0n) is 19.2. The van der Waals surface area contributed by atoms with E-state index in [9.17, 15) is 4.79 Å². The number of anilines is 2. The summed E-state index contributed by atoms with van der Waals surface area (Å²) >= 11 is 6.99. The summed E-state index contributed by atoms with van der Waals surface area (Å²) in [4.78, 5) is 13.9. The maximum Gasteiger partial charge on any atom is 0.341 e. The van der Waals surface area contributed by atoms with Gasteiger partial charge in [-0.25, -0.2) is 4.79 Å². The molecule has 1 aliphatic heterocycles. The Balaban J connectivity index is 1.55. The van der Waals surface area contributed by atoms with Crippen molar-refractivity contribution in [2.45, 2.75) is 27.2 Å². The van der Waals surface area contributed by atoms with Crippen molar-refractivity contribution in [2.75, 3.05) is 30.6 Å². The van der Waals surface area contributed by atoms with Crippen LogP contribution in [0.25, 0.3) is 0 Å². The number of hydrogen-bond donors (Lipinski definition) is 2. The number of aryl methyl sites for hydroxylation is 1. The normalized spacial score (nSPS) is 11.7. The number of fused-ring (bicyclic) bond motifs is 1. The smallest absolute Gasteiger partial charge is 0.341 e. The number of benzene rings is 2. The molecule has 0 spiro atoms. The van der Waals surface area contributed by atoms with Gasteiger partial charge in [-0.15, -0.1) is 11.3 Å². The van der Waals surface area contributed by atoms with Gasteiger partial charge in [0.15, 0.2) is 16.6 Å². The number of nitrogens with one attached hydrogen (secondary N) is 2. The minimum Gasteiger partial charge on any atom is -0.494 e. The molecule has 34 heavy (non-hydrogen) atoms. The summed E-state index contributed by atoms with van der Waals surface area (Å²) in [5.74, 6) is 1.85. The van der Waals surface area contributed by atoms with Crippen LogP contribution in [0.5, 0.6) is 17.2 Å². The maximum absolute atomic E-state index is 12.9. The molecule has 0 saturated heterocycles. The molecule has 0 aliphatic carbocycles. The van der Waals surface area contributed by atoms with Crippen LogP contribution in [0.2, 0.25) is 0 Å². The first-order chi connectivity index (χ1) is 16.5. The lowest BCUT2D eigenvalue weighted by Crippen LogP contribution is -2.20. The first kappa shape index (κ1) is 23.8. The Bertz CT molecular complexity index is 1190. The molecule has 2 aromatic carbocycles. The van der Waals surface area contributed by atoms with Gasteiger partial charge < -0.3 is 29.6 Å². The summed E-state index contributed by atoms with van der Waals surface area (Å²) in [6, 6.07) is 13.3. The van der Waals surface area contributed by atoms with Crippen LogP contribution in [-0.4, -0.2) is 31.1 Å². The number of thiophene rings is 1. The quantitative estimate of drug-likeness (QED) is 0.300. The first-order valence-corrected chi connectivity index (χ1v) is 12.2. The number of thiocarbonyl (C=S) groups is 1. The van der Waals surface area contributed by atoms with Crippen LogP contribution in [0, 0.1) is 6.92 Å². The molecule has 3 aromatic rings. The van der Waals surface area contributed by atoms with Gasteiger partial charge in [-0.3, -0.25) is 0 Å². The summed E-state index contributed by atoms with van der Waals surface area (Å²) in [5.41, 5.74) is 3.22. The molecule has 0 unspecified atom stereocenters. The molecular weight excluding hydrogens is 472 g/mol. The van der Waals surface area contributed by atoms with E-state index in [0.717, 1.165) is 33.2 Å². The average molecular weight is 499 g/mol. The number of esters is 1. The van der Waals surface area contributed by atoms with E-state index in [2.05, 4.69) is 10.6 Å². The fourth-order valence-electron chi connectivity index (χ4n) is 3.62. The number of ether oxygens (including phenoxy) is 4. The van der Waals surface area contributed by atoms with Gasteiger partial charge in [0.05, 0.1) is 18.8 Å². The molecule has 7 nitrogen and oxygen atoms in total. The van der Waals surface area contributed by atoms with E-state index in [0.29, 0.717) is 34.5 Å². The second-order valence-electron chi connectivity index (χ2n) is 7.46. The van der Waals surface area contributed by atoms with Crippen LogP contribution >= 0.6 is 23.6 Å². The molecule has 178 valence electrons. The van der Waals surface area contributed by atoms with Crippen LogP contribution in [0.4, 0.5) is 10.7 Å². The minimum absolute atomic E-state index is 0.219. The van der Waals surface area contributed by atoms with Crippen LogP contribution in [0.1, 0.15) is 40.2 Å². The van der Waals surface area contributed by atoms with Gasteiger partial charge in [-0.05, 0) is 86.9 Å². The molecule has 2 N–H and O–H groups in total. The van der Waals surface area contributed by atoms with Gasteiger partial charge in [0.25, 0.3) is 0 Å². The van der Waals surface area contributed by atoms with Crippen molar-refractivity contribution < 1.29 is 23.7 Å². The van der Waals surface area contributed by atoms with Gasteiger partial charge in [-0.2, -0.15) is 0 Å². The molecule has 9 heteroatoms. The van der Waals surface area contributed by atoms with Crippen LogP contribution in [0.15, 0.2) is 42.5 Å². The molecule has 1 aliphatic rings. The topological polar surface area (TPSA) is 78.1 Å². The molecule has 0 atom stereocenters. The lowest BCUT2D eigenvalue weighted by atomic mass is 10.0. The fourth-order valence-corrected chi connectivity index (χ4v) is 4.97. The average Bonchev–Trinajstić information content (AvgIpc) is 3.39. The summed E-state index contributed by atoms with van der Waals surface area (Å²) in [6.45, 7) is 6.83. The summed E-state index contributed by atoms with van der Waals surface area (Å²) in [7, 11) is 0. The zero-order chi connectivity index (χ0) is 24.1. The summed E-state index contributed by atoms with van der Waals surface area (Å²) < 4.78 is 21.8. The third-order valence-corrected chi connectivity index (χ3v) is 6.42. The van der Waals surface area contributed by atoms with Gasteiger partial charge in [0.1, 0.15) is 10.8 Å². The van der Waals surface area contributed by atoms with Gasteiger partial charge in [0.2, 0.25) is 6.79 Å². The van der Waals surface area contributed by atoms with Gasteiger partial charge in [0, 0.05) is 10.6 Å². The molecule has 2 heterocycles. The Labute approximate surface area is 208 Å². The van der Waals surface area contributed by atoms with Crippen molar-refractivity contribution in [3.05, 3.63) is 64.0 Å². The summed E-state index contributed by atoms with van der Waals surface area (Å²) in [5, 5.41) is 7.37. The molecule has 0 amide bonds. The Morgan fingerprint density at radius 2 is 1.82 bits per heavy atom.